The van der Waals surface area contributed by atoms with Gasteiger partial charge >= 0.3 is 5.97 Å². The molecule has 5 nitrogen and oxygen atoms in total. The van der Waals surface area contributed by atoms with Gasteiger partial charge in [0, 0.05) is 6.54 Å². The lowest BCUT2D eigenvalue weighted by Gasteiger charge is -2.35. The Balaban J connectivity index is 2.91. The SMILES string of the molecule is CCN(C(=O)C(C)Oc1ccccc1Cl)C(C)(C)C(=O)O. The zero-order chi connectivity index (χ0) is 16.2. The number of ether oxygens (including phenoxy) is 1. The van der Waals surface area contributed by atoms with Crippen LogP contribution in [0.5, 0.6) is 5.75 Å². The summed E-state index contributed by atoms with van der Waals surface area (Å²) in [7, 11) is 0. The first-order valence-electron chi connectivity index (χ1n) is 6.67. The van der Waals surface area contributed by atoms with Crippen LogP contribution in [0.1, 0.15) is 27.7 Å². The zero-order valence-electron chi connectivity index (χ0n) is 12.6. The third-order valence-electron chi connectivity index (χ3n) is 3.27. The number of benzene rings is 1. The standard InChI is InChI=1S/C15H20ClNO4/c1-5-17(15(3,4)14(19)20)13(18)10(2)21-12-9-7-6-8-11(12)16/h6-10H,5H2,1-4H3,(H,19,20). The van der Waals surface area contributed by atoms with Crippen LogP contribution in [0, 0.1) is 0 Å². The van der Waals surface area contributed by atoms with Crippen LogP contribution in [0.15, 0.2) is 24.3 Å². The van der Waals surface area contributed by atoms with E-state index in [0.29, 0.717) is 10.8 Å². The van der Waals surface area contributed by atoms with Crippen molar-refractivity contribution in [1.82, 2.24) is 4.90 Å². The number of hydrogen-bond acceptors (Lipinski definition) is 3. The Kier molecular flexibility index (Phi) is 5.61. The molecule has 0 fully saturated rings. The Hall–Kier alpha value is -1.75. The summed E-state index contributed by atoms with van der Waals surface area (Å²) in [6.45, 7) is 6.54. The molecular weight excluding hydrogens is 294 g/mol. The molecule has 21 heavy (non-hydrogen) atoms. The molecule has 0 aliphatic rings. The van der Waals surface area contributed by atoms with E-state index in [2.05, 4.69) is 0 Å². The minimum Gasteiger partial charge on any atom is -0.480 e. The molecule has 1 amide bonds. The summed E-state index contributed by atoms with van der Waals surface area (Å²) in [4.78, 5) is 25.0. The third kappa shape index (κ3) is 3.88. The summed E-state index contributed by atoms with van der Waals surface area (Å²) in [5.41, 5.74) is -1.30. The molecule has 0 saturated heterocycles. The Morgan fingerprint density at radius 3 is 2.43 bits per heavy atom. The van der Waals surface area contributed by atoms with Gasteiger partial charge in [-0.1, -0.05) is 23.7 Å². The summed E-state index contributed by atoms with van der Waals surface area (Å²) in [6, 6.07) is 6.82. The van der Waals surface area contributed by atoms with Crippen LogP contribution >= 0.6 is 11.6 Å². The summed E-state index contributed by atoms with van der Waals surface area (Å²) in [5.74, 6) is -1.07. The molecule has 0 radical (unpaired) electrons. The smallest absolute Gasteiger partial charge is 0.329 e. The lowest BCUT2D eigenvalue weighted by atomic mass is 10.0. The van der Waals surface area contributed by atoms with Crippen LogP contribution in [0.3, 0.4) is 0 Å². The number of halogens is 1. The third-order valence-corrected chi connectivity index (χ3v) is 3.58. The zero-order valence-corrected chi connectivity index (χ0v) is 13.3. The molecule has 0 aliphatic heterocycles. The topological polar surface area (TPSA) is 66.8 Å². The van der Waals surface area contributed by atoms with Crippen LogP contribution in [0.4, 0.5) is 0 Å². The van der Waals surface area contributed by atoms with Gasteiger partial charge in [0.2, 0.25) is 0 Å². The Labute approximate surface area is 129 Å². The Bertz CT molecular complexity index is 530. The van der Waals surface area contributed by atoms with E-state index in [1.54, 1.807) is 38.1 Å². The Morgan fingerprint density at radius 2 is 1.95 bits per heavy atom. The van der Waals surface area contributed by atoms with Gasteiger partial charge in [-0.2, -0.15) is 0 Å². The molecule has 0 saturated carbocycles. The molecule has 0 aliphatic carbocycles. The minimum atomic E-state index is -1.30. The first-order valence-corrected chi connectivity index (χ1v) is 7.05. The molecule has 1 unspecified atom stereocenters. The molecule has 0 bridgehead atoms. The summed E-state index contributed by atoms with van der Waals surface area (Å²) >= 11 is 5.98. The number of hydrogen-bond donors (Lipinski definition) is 1. The minimum absolute atomic E-state index is 0.272. The van der Waals surface area contributed by atoms with Crippen molar-refractivity contribution >= 4 is 23.5 Å². The first kappa shape index (κ1) is 17.3. The summed E-state index contributed by atoms with van der Waals surface area (Å²) in [5, 5.41) is 9.65. The second-order valence-electron chi connectivity index (χ2n) is 5.14. The van der Waals surface area contributed by atoms with Crippen molar-refractivity contribution in [3.05, 3.63) is 29.3 Å². The first-order chi connectivity index (χ1) is 9.71. The predicted molar refractivity (Wildman–Crippen MR) is 80.6 cm³/mol. The lowest BCUT2D eigenvalue weighted by molar-refractivity contribution is -0.159. The number of carboxylic acid groups (broad SMARTS) is 1. The van der Waals surface area contributed by atoms with Crippen LogP contribution < -0.4 is 4.74 Å². The second kappa shape index (κ2) is 6.80. The van der Waals surface area contributed by atoms with E-state index >= 15 is 0 Å². The normalized spacial score (nSPS) is 12.6. The average Bonchev–Trinajstić information content (AvgIpc) is 2.41. The number of carbonyl (C=O) groups excluding carboxylic acids is 1. The fraction of sp³-hybridized carbons (Fsp3) is 0.467. The molecule has 116 valence electrons. The van der Waals surface area contributed by atoms with Crippen molar-refractivity contribution in [1.29, 1.82) is 0 Å². The molecule has 0 spiro atoms. The second-order valence-corrected chi connectivity index (χ2v) is 5.54. The van der Waals surface area contributed by atoms with Crippen molar-refractivity contribution < 1.29 is 19.4 Å². The number of nitrogens with zero attached hydrogens (tertiary/aromatic N) is 1. The molecule has 1 aromatic rings. The van der Waals surface area contributed by atoms with E-state index in [9.17, 15) is 14.7 Å². The van der Waals surface area contributed by atoms with E-state index in [4.69, 9.17) is 16.3 Å². The maximum Gasteiger partial charge on any atom is 0.329 e. The van der Waals surface area contributed by atoms with Crippen LogP contribution in [-0.4, -0.2) is 40.1 Å². The van der Waals surface area contributed by atoms with Gasteiger partial charge in [-0.15, -0.1) is 0 Å². The number of aliphatic carboxylic acids is 1. The highest BCUT2D eigenvalue weighted by atomic mass is 35.5. The number of carbonyl (C=O) groups is 2. The highest BCUT2D eigenvalue weighted by molar-refractivity contribution is 6.32. The van der Waals surface area contributed by atoms with E-state index in [1.165, 1.54) is 18.7 Å². The monoisotopic (exact) mass is 313 g/mol. The van der Waals surface area contributed by atoms with E-state index in [1.807, 2.05) is 0 Å². The predicted octanol–water partition coefficient (Wildman–Crippen LogP) is 2.82. The molecule has 0 aromatic heterocycles. The fourth-order valence-corrected chi connectivity index (χ4v) is 2.12. The molecular formula is C15H20ClNO4. The number of likely N-dealkylation sites (N-methyl/N-ethyl adjacent to an activating group) is 1. The van der Waals surface area contributed by atoms with Gasteiger partial charge in [-0.3, -0.25) is 4.79 Å². The molecule has 0 heterocycles. The average molecular weight is 314 g/mol. The summed E-state index contributed by atoms with van der Waals surface area (Å²) in [6.07, 6.45) is -0.830. The number of carboxylic acids is 1. The van der Waals surface area contributed by atoms with E-state index in [-0.39, 0.29) is 6.54 Å². The molecule has 1 N–H and O–H groups in total. The van der Waals surface area contributed by atoms with Gasteiger partial charge < -0.3 is 14.7 Å². The van der Waals surface area contributed by atoms with Gasteiger partial charge in [0.15, 0.2) is 6.10 Å². The van der Waals surface area contributed by atoms with Gasteiger partial charge in [0.05, 0.1) is 5.02 Å². The number of para-hydroxylation sites is 1. The number of rotatable bonds is 6. The van der Waals surface area contributed by atoms with Gasteiger partial charge in [-0.25, -0.2) is 4.79 Å². The van der Waals surface area contributed by atoms with Crippen LogP contribution in [0.25, 0.3) is 0 Å². The number of amides is 1. The van der Waals surface area contributed by atoms with Gasteiger partial charge in [0.25, 0.3) is 5.91 Å². The highest BCUT2D eigenvalue weighted by Crippen LogP contribution is 2.25. The van der Waals surface area contributed by atoms with E-state index in [0.717, 1.165) is 0 Å². The van der Waals surface area contributed by atoms with Crippen molar-refractivity contribution in [3.8, 4) is 5.75 Å². The van der Waals surface area contributed by atoms with E-state index < -0.39 is 23.5 Å². The molecule has 1 rings (SSSR count). The van der Waals surface area contributed by atoms with Crippen molar-refractivity contribution in [2.45, 2.75) is 39.3 Å². The highest BCUT2D eigenvalue weighted by Gasteiger charge is 2.39. The van der Waals surface area contributed by atoms with Crippen LogP contribution in [-0.2, 0) is 9.59 Å². The maximum atomic E-state index is 12.4. The summed E-state index contributed by atoms with van der Waals surface area (Å²) < 4.78 is 5.55. The largest absolute Gasteiger partial charge is 0.480 e. The van der Waals surface area contributed by atoms with Crippen molar-refractivity contribution in [2.24, 2.45) is 0 Å². The fourth-order valence-electron chi connectivity index (χ4n) is 1.94. The molecule has 1 aromatic carbocycles. The maximum absolute atomic E-state index is 12.4. The van der Waals surface area contributed by atoms with Gasteiger partial charge in [-0.05, 0) is 39.8 Å². The van der Waals surface area contributed by atoms with Crippen LogP contribution in [0.2, 0.25) is 5.02 Å². The van der Waals surface area contributed by atoms with Crippen molar-refractivity contribution in [2.75, 3.05) is 6.54 Å². The van der Waals surface area contributed by atoms with Gasteiger partial charge in [0.1, 0.15) is 11.3 Å². The lowest BCUT2D eigenvalue weighted by Crippen LogP contribution is -2.56. The molecule has 1 atom stereocenters. The Morgan fingerprint density at radius 1 is 1.38 bits per heavy atom. The quantitative estimate of drug-likeness (QED) is 0.877. The van der Waals surface area contributed by atoms with Crippen molar-refractivity contribution in [3.63, 3.8) is 0 Å². The molecule has 6 heteroatoms.